The Hall–Kier alpha value is -0.530. The molecule has 1 aromatic carbocycles. The Morgan fingerprint density at radius 3 is 2.60 bits per heavy atom. The van der Waals surface area contributed by atoms with Crippen LogP contribution in [0.1, 0.15) is 30.4 Å². The minimum absolute atomic E-state index is 0.893. The first-order valence-electron chi connectivity index (χ1n) is 5.73. The largest absolute Gasteiger partial charge is 0.299 e. The molecule has 1 heterocycles. The highest BCUT2D eigenvalue weighted by atomic mass is 35.5. The first-order valence-corrected chi connectivity index (χ1v) is 6.11. The predicted octanol–water partition coefficient (Wildman–Crippen LogP) is 3.63. The number of benzene rings is 1. The molecule has 0 aliphatic carbocycles. The van der Waals surface area contributed by atoms with E-state index in [1.807, 2.05) is 6.92 Å². The zero-order valence-electron chi connectivity index (χ0n) is 9.30. The molecular formula is C13H18ClN. The SMILES string of the molecule is Cc1ccc(CN2CCCCC2)cc1Cl. The van der Waals surface area contributed by atoms with Crippen LogP contribution in [-0.4, -0.2) is 18.0 Å². The Morgan fingerprint density at radius 1 is 1.20 bits per heavy atom. The van der Waals surface area contributed by atoms with E-state index >= 15 is 0 Å². The van der Waals surface area contributed by atoms with Crippen LogP contribution in [0.4, 0.5) is 0 Å². The van der Waals surface area contributed by atoms with Crippen molar-refractivity contribution in [1.29, 1.82) is 0 Å². The second-order valence-corrected chi connectivity index (χ2v) is 4.83. The van der Waals surface area contributed by atoms with E-state index in [2.05, 4.69) is 23.1 Å². The van der Waals surface area contributed by atoms with Gasteiger partial charge < -0.3 is 0 Å². The van der Waals surface area contributed by atoms with E-state index < -0.39 is 0 Å². The van der Waals surface area contributed by atoms with Crippen molar-refractivity contribution in [2.45, 2.75) is 32.7 Å². The summed E-state index contributed by atoms with van der Waals surface area (Å²) in [5, 5.41) is 0.893. The molecule has 0 spiro atoms. The smallest absolute Gasteiger partial charge is 0.0438 e. The second-order valence-electron chi connectivity index (χ2n) is 4.42. The fraction of sp³-hybridized carbons (Fsp3) is 0.538. The van der Waals surface area contributed by atoms with Gasteiger partial charge >= 0.3 is 0 Å². The van der Waals surface area contributed by atoms with Gasteiger partial charge in [-0.1, -0.05) is 30.2 Å². The molecule has 1 saturated heterocycles. The Bertz CT molecular complexity index is 329. The van der Waals surface area contributed by atoms with Crippen LogP contribution in [0.25, 0.3) is 0 Å². The average molecular weight is 224 g/mol. The molecule has 0 bridgehead atoms. The van der Waals surface area contributed by atoms with Gasteiger partial charge in [0, 0.05) is 11.6 Å². The van der Waals surface area contributed by atoms with Crippen LogP contribution < -0.4 is 0 Å². The highest BCUT2D eigenvalue weighted by Gasteiger charge is 2.10. The summed E-state index contributed by atoms with van der Waals surface area (Å²) < 4.78 is 0. The highest BCUT2D eigenvalue weighted by Crippen LogP contribution is 2.19. The molecule has 0 radical (unpaired) electrons. The van der Waals surface area contributed by atoms with Crippen LogP contribution in [-0.2, 0) is 6.54 Å². The van der Waals surface area contributed by atoms with Crippen molar-refractivity contribution < 1.29 is 0 Å². The van der Waals surface area contributed by atoms with E-state index in [1.54, 1.807) is 0 Å². The lowest BCUT2D eigenvalue weighted by molar-refractivity contribution is 0.221. The molecule has 0 atom stereocenters. The molecule has 0 amide bonds. The van der Waals surface area contributed by atoms with Gasteiger partial charge in [0.05, 0.1) is 0 Å². The van der Waals surface area contributed by atoms with Crippen molar-refractivity contribution in [3.05, 3.63) is 34.3 Å². The minimum atomic E-state index is 0.893. The van der Waals surface area contributed by atoms with Crippen molar-refractivity contribution in [2.75, 3.05) is 13.1 Å². The molecule has 2 rings (SSSR count). The van der Waals surface area contributed by atoms with Gasteiger partial charge in [-0.25, -0.2) is 0 Å². The summed E-state index contributed by atoms with van der Waals surface area (Å²) in [5.74, 6) is 0. The van der Waals surface area contributed by atoms with Crippen molar-refractivity contribution >= 4 is 11.6 Å². The number of hydrogen-bond donors (Lipinski definition) is 0. The fourth-order valence-electron chi connectivity index (χ4n) is 2.11. The minimum Gasteiger partial charge on any atom is -0.299 e. The zero-order valence-corrected chi connectivity index (χ0v) is 10.1. The maximum absolute atomic E-state index is 6.11. The standard InChI is InChI=1S/C13H18ClN/c1-11-5-6-12(9-13(11)14)10-15-7-3-2-4-8-15/h5-6,9H,2-4,7-8,10H2,1H3. The lowest BCUT2D eigenvalue weighted by Crippen LogP contribution is -2.29. The van der Waals surface area contributed by atoms with Crippen LogP contribution in [0.3, 0.4) is 0 Å². The summed E-state index contributed by atoms with van der Waals surface area (Å²) in [6.45, 7) is 5.59. The van der Waals surface area contributed by atoms with Gasteiger partial charge in [-0.05, 0) is 50.0 Å². The summed E-state index contributed by atoms with van der Waals surface area (Å²) in [4.78, 5) is 2.52. The topological polar surface area (TPSA) is 3.24 Å². The van der Waals surface area contributed by atoms with Gasteiger partial charge in [0.1, 0.15) is 0 Å². The number of halogens is 1. The van der Waals surface area contributed by atoms with Crippen molar-refractivity contribution in [1.82, 2.24) is 4.90 Å². The zero-order chi connectivity index (χ0) is 10.7. The lowest BCUT2D eigenvalue weighted by atomic mass is 10.1. The molecule has 0 aromatic heterocycles. The normalized spacial score (nSPS) is 18.0. The first kappa shape index (κ1) is 11.0. The molecule has 15 heavy (non-hydrogen) atoms. The van der Waals surface area contributed by atoms with Crippen molar-refractivity contribution in [2.24, 2.45) is 0 Å². The van der Waals surface area contributed by atoms with Crippen LogP contribution in [0, 0.1) is 6.92 Å². The number of hydrogen-bond acceptors (Lipinski definition) is 1. The lowest BCUT2D eigenvalue weighted by Gasteiger charge is -2.26. The van der Waals surface area contributed by atoms with Gasteiger partial charge in [-0.2, -0.15) is 0 Å². The molecule has 1 nitrogen and oxygen atoms in total. The maximum atomic E-state index is 6.11. The number of nitrogens with zero attached hydrogens (tertiary/aromatic N) is 1. The maximum Gasteiger partial charge on any atom is 0.0438 e. The molecule has 0 saturated carbocycles. The molecule has 0 N–H and O–H groups in total. The Kier molecular flexibility index (Phi) is 3.66. The summed E-state index contributed by atoms with van der Waals surface area (Å²) in [7, 11) is 0. The van der Waals surface area contributed by atoms with Crippen LogP contribution in [0.5, 0.6) is 0 Å². The number of likely N-dealkylation sites (tertiary alicyclic amines) is 1. The molecule has 2 heteroatoms. The van der Waals surface area contributed by atoms with Crippen LogP contribution >= 0.6 is 11.6 Å². The Labute approximate surface area is 97.0 Å². The van der Waals surface area contributed by atoms with Crippen molar-refractivity contribution in [3.8, 4) is 0 Å². The highest BCUT2D eigenvalue weighted by molar-refractivity contribution is 6.31. The molecule has 1 aromatic rings. The van der Waals surface area contributed by atoms with E-state index in [4.69, 9.17) is 11.6 Å². The summed E-state index contributed by atoms with van der Waals surface area (Å²) >= 11 is 6.11. The molecule has 1 aliphatic rings. The van der Waals surface area contributed by atoms with E-state index in [0.717, 1.165) is 11.6 Å². The van der Waals surface area contributed by atoms with Crippen LogP contribution in [0.15, 0.2) is 18.2 Å². The van der Waals surface area contributed by atoms with Gasteiger partial charge in [0.25, 0.3) is 0 Å². The molecule has 1 fully saturated rings. The third kappa shape index (κ3) is 2.96. The van der Waals surface area contributed by atoms with E-state index in [1.165, 1.54) is 43.5 Å². The summed E-state index contributed by atoms with van der Waals surface area (Å²) in [6, 6.07) is 6.41. The molecule has 0 unspecified atom stereocenters. The first-order chi connectivity index (χ1) is 7.25. The average Bonchev–Trinajstić information content (AvgIpc) is 2.25. The second kappa shape index (κ2) is 5.00. The number of piperidine rings is 1. The van der Waals surface area contributed by atoms with E-state index in [9.17, 15) is 0 Å². The van der Waals surface area contributed by atoms with Gasteiger partial charge in [0.2, 0.25) is 0 Å². The van der Waals surface area contributed by atoms with Crippen LogP contribution in [0.2, 0.25) is 5.02 Å². The summed E-state index contributed by atoms with van der Waals surface area (Å²) in [5.41, 5.74) is 2.51. The fourth-order valence-corrected chi connectivity index (χ4v) is 2.31. The van der Waals surface area contributed by atoms with E-state index in [0.29, 0.717) is 0 Å². The van der Waals surface area contributed by atoms with E-state index in [-0.39, 0.29) is 0 Å². The van der Waals surface area contributed by atoms with Gasteiger partial charge in [0.15, 0.2) is 0 Å². The quantitative estimate of drug-likeness (QED) is 0.740. The number of rotatable bonds is 2. The Morgan fingerprint density at radius 2 is 1.93 bits per heavy atom. The summed E-state index contributed by atoms with van der Waals surface area (Å²) in [6.07, 6.45) is 4.09. The Balaban J connectivity index is 2.00. The van der Waals surface area contributed by atoms with Gasteiger partial charge in [-0.3, -0.25) is 4.90 Å². The molecule has 82 valence electrons. The van der Waals surface area contributed by atoms with Crippen molar-refractivity contribution in [3.63, 3.8) is 0 Å². The third-order valence-electron chi connectivity index (χ3n) is 3.09. The third-order valence-corrected chi connectivity index (χ3v) is 3.50. The number of aryl methyl sites for hydroxylation is 1. The monoisotopic (exact) mass is 223 g/mol. The predicted molar refractivity (Wildman–Crippen MR) is 65.3 cm³/mol. The molecule has 1 aliphatic heterocycles. The molecular weight excluding hydrogens is 206 g/mol. The van der Waals surface area contributed by atoms with Gasteiger partial charge in [-0.15, -0.1) is 0 Å².